The monoisotopic (exact) mass is 381 g/mol. The molecule has 0 bridgehead atoms. The highest BCUT2D eigenvalue weighted by Crippen LogP contribution is 2.33. The van der Waals surface area contributed by atoms with Gasteiger partial charge in [0.2, 0.25) is 12.7 Å². The Hall–Kier alpha value is -1.99. The zero-order chi connectivity index (χ0) is 17.2. The maximum Gasteiger partial charge on any atom is 0.254 e. The number of fused-ring (bicyclic) bond motifs is 1. The van der Waals surface area contributed by atoms with Crippen LogP contribution < -0.4 is 20.1 Å². The average molecular weight is 382 g/mol. The van der Waals surface area contributed by atoms with Crippen molar-refractivity contribution in [3.8, 4) is 11.5 Å². The molecule has 26 heavy (non-hydrogen) atoms. The van der Waals surface area contributed by atoms with E-state index >= 15 is 0 Å². The van der Waals surface area contributed by atoms with E-state index in [0.717, 1.165) is 25.8 Å². The molecule has 2 N–H and O–H groups in total. The Kier molecular flexibility index (Phi) is 5.88. The summed E-state index contributed by atoms with van der Waals surface area (Å²) < 4.78 is 10.6. The number of hydrogen-bond donors (Lipinski definition) is 2. The molecular formula is C18H24ClN3O4. The first kappa shape index (κ1) is 18.8. The number of benzene rings is 1. The van der Waals surface area contributed by atoms with Crippen LogP contribution in [-0.2, 0) is 4.79 Å². The molecule has 1 aromatic rings. The van der Waals surface area contributed by atoms with Crippen LogP contribution in [0.3, 0.4) is 0 Å². The average Bonchev–Trinajstić information content (AvgIpc) is 3.39. The number of nitrogens with one attached hydrogen (secondary N) is 2. The Balaban J connectivity index is 0.00000196. The van der Waals surface area contributed by atoms with E-state index in [9.17, 15) is 9.59 Å². The Morgan fingerprint density at radius 1 is 1.19 bits per heavy atom. The molecule has 7 nitrogen and oxygen atoms in total. The fourth-order valence-corrected chi connectivity index (χ4v) is 3.75. The van der Waals surface area contributed by atoms with Crippen LogP contribution in [0, 0.1) is 0 Å². The fraction of sp³-hybridized carbons (Fsp3) is 0.556. The van der Waals surface area contributed by atoms with Crippen molar-refractivity contribution in [3.05, 3.63) is 23.8 Å². The van der Waals surface area contributed by atoms with Gasteiger partial charge in [-0.2, -0.15) is 0 Å². The minimum Gasteiger partial charge on any atom is -0.454 e. The van der Waals surface area contributed by atoms with Gasteiger partial charge in [-0.25, -0.2) is 0 Å². The van der Waals surface area contributed by atoms with Gasteiger partial charge < -0.3 is 25.0 Å². The van der Waals surface area contributed by atoms with Gasteiger partial charge in [-0.1, -0.05) is 0 Å². The van der Waals surface area contributed by atoms with E-state index in [0.29, 0.717) is 42.6 Å². The minimum absolute atomic E-state index is 0. The molecule has 1 aromatic carbocycles. The van der Waals surface area contributed by atoms with E-state index in [1.165, 1.54) is 0 Å². The van der Waals surface area contributed by atoms with Gasteiger partial charge in [0.25, 0.3) is 5.91 Å². The summed E-state index contributed by atoms with van der Waals surface area (Å²) in [6, 6.07) is 5.13. The lowest BCUT2D eigenvalue weighted by Gasteiger charge is -2.24. The molecule has 3 aliphatic rings. The van der Waals surface area contributed by atoms with E-state index in [4.69, 9.17) is 9.47 Å². The number of carbonyl (C=O) groups is 2. The number of carbonyl (C=O) groups excluding carboxylic acids is 2. The summed E-state index contributed by atoms with van der Waals surface area (Å²) in [4.78, 5) is 27.1. The molecule has 2 unspecified atom stereocenters. The third-order valence-electron chi connectivity index (χ3n) is 5.12. The van der Waals surface area contributed by atoms with Crippen LogP contribution in [0.25, 0.3) is 0 Å². The van der Waals surface area contributed by atoms with Crippen molar-refractivity contribution in [1.82, 2.24) is 15.5 Å². The van der Waals surface area contributed by atoms with Gasteiger partial charge in [-0.15, -0.1) is 12.4 Å². The van der Waals surface area contributed by atoms with Gasteiger partial charge in [-0.3, -0.25) is 9.59 Å². The Morgan fingerprint density at radius 2 is 2.04 bits per heavy atom. The summed E-state index contributed by atoms with van der Waals surface area (Å²) in [5, 5.41) is 6.37. The molecule has 0 radical (unpaired) electrons. The molecule has 3 heterocycles. The molecule has 142 valence electrons. The molecule has 0 saturated carbocycles. The molecule has 2 saturated heterocycles. The second-order valence-electron chi connectivity index (χ2n) is 6.76. The summed E-state index contributed by atoms with van der Waals surface area (Å²) in [6.45, 7) is 2.42. The fourth-order valence-electron chi connectivity index (χ4n) is 3.75. The van der Waals surface area contributed by atoms with Crippen molar-refractivity contribution < 1.29 is 19.1 Å². The predicted molar refractivity (Wildman–Crippen MR) is 97.9 cm³/mol. The van der Waals surface area contributed by atoms with E-state index in [1.54, 1.807) is 23.1 Å². The Labute approximate surface area is 158 Å². The Bertz CT molecular complexity index is 678. The molecule has 0 aliphatic carbocycles. The van der Waals surface area contributed by atoms with Crippen LogP contribution in [0.4, 0.5) is 0 Å². The summed E-state index contributed by atoms with van der Waals surface area (Å²) in [6.07, 6.45) is 3.79. The van der Waals surface area contributed by atoms with Crippen molar-refractivity contribution in [1.29, 1.82) is 0 Å². The predicted octanol–water partition coefficient (Wildman–Crippen LogP) is 1.31. The number of amides is 2. The van der Waals surface area contributed by atoms with Crippen molar-refractivity contribution in [2.24, 2.45) is 0 Å². The summed E-state index contributed by atoms with van der Waals surface area (Å²) in [5.74, 6) is 1.05. The molecule has 2 amide bonds. The first-order valence-electron chi connectivity index (χ1n) is 8.94. The van der Waals surface area contributed by atoms with E-state index < -0.39 is 0 Å². The summed E-state index contributed by atoms with van der Waals surface area (Å²) in [7, 11) is 0. The molecular weight excluding hydrogens is 358 g/mol. The molecule has 8 heteroatoms. The smallest absolute Gasteiger partial charge is 0.254 e. The highest BCUT2D eigenvalue weighted by molar-refractivity contribution is 5.98. The van der Waals surface area contributed by atoms with E-state index in [-0.39, 0.29) is 37.1 Å². The lowest BCUT2D eigenvalue weighted by molar-refractivity contribution is -0.124. The molecule has 0 aromatic heterocycles. The third-order valence-corrected chi connectivity index (χ3v) is 5.12. The maximum atomic E-state index is 12.9. The second-order valence-corrected chi connectivity index (χ2v) is 6.76. The number of likely N-dealkylation sites (tertiary alicyclic amines) is 1. The van der Waals surface area contributed by atoms with Crippen LogP contribution in [0.5, 0.6) is 11.5 Å². The van der Waals surface area contributed by atoms with Crippen LogP contribution >= 0.6 is 12.4 Å². The number of nitrogens with zero attached hydrogens (tertiary/aromatic N) is 1. The Morgan fingerprint density at radius 3 is 2.85 bits per heavy atom. The second kappa shape index (κ2) is 8.14. The normalized spacial score (nSPS) is 23.6. The molecule has 3 aliphatic heterocycles. The summed E-state index contributed by atoms with van der Waals surface area (Å²) >= 11 is 0. The van der Waals surface area contributed by atoms with Crippen LogP contribution in [0.15, 0.2) is 18.2 Å². The van der Waals surface area contributed by atoms with Crippen molar-refractivity contribution >= 4 is 24.2 Å². The van der Waals surface area contributed by atoms with E-state index in [2.05, 4.69) is 10.6 Å². The van der Waals surface area contributed by atoms with Crippen LogP contribution in [-0.4, -0.2) is 55.2 Å². The maximum absolute atomic E-state index is 12.9. The van der Waals surface area contributed by atoms with Crippen molar-refractivity contribution in [2.45, 2.75) is 37.8 Å². The highest BCUT2D eigenvalue weighted by Gasteiger charge is 2.35. The number of ether oxygens (including phenoxy) is 2. The number of rotatable bonds is 4. The van der Waals surface area contributed by atoms with Crippen molar-refractivity contribution in [2.75, 3.05) is 26.4 Å². The van der Waals surface area contributed by atoms with Crippen LogP contribution in [0.2, 0.25) is 0 Å². The number of halogens is 1. The quantitative estimate of drug-likeness (QED) is 0.822. The minimum atomic E-state index is -0.390. The molecule has 2 fully saturated rings. The van der Waals surface area contributed by atoms with Gasteiger partial charge >= 0.3 is 0 Å². The van der Waals surface area contributed by atoms with Gasteiger partial charge in [0.05, 0.1) is 0 Å². The first-order valence-corrected chi connectivity index (χ1v) is 8.94. The molecule has 4 rings (SSSR count). The van der Waals surface area contributed by atoms with Gasteiger partial charge in [0.15, 0.2) is 11.5 Å². The zero-order valence-electron chi connectivity index (χ0n) is 14.5. The SMILES string of the molecule is Cl.O=C(NCC1CCCN1)C1CCCN1C(=O)c1ccc2c(c1)OCO2. The molecule has 2 atom stereocenters. The standard InChI is InChI=1S/C18H23N3O4.ClH/c22-17(20-10-13-3-1-7-19-13)14-4-2-8-21(14)18(23)12-5-6-15-16(9-12)25-11-24-15;/h5-6,9,13-14,19H,1-4,7-8,10-11H2,(H,20,22);1H. The largest absolute Gasteiger partial charge is 0.454 e. The lowest BCUT2D eigenvalue weighted by Crippen LogP contribution is -2.48. The van der Waals surface area contributed by atoms with Gasteiger partial charge in [-0.05, 0) is 50.4 Å². The highest BCUT2D eigenvalue weighted by atomic mass is 35.5. The van der Waals surface area contributed by atoms with Gasteiger partial charge in [0.1, 0.15) is 6.04 Å². The number of hydrogen-bond acceptors (Lipinski definition) is 5. The van der Waals surface area contributed by atoms with Crippen molar-refractivity contribution in [3.63, 3.8) is 0 Å². The lowest BCUT2D eigenvalue weighted by atomic mass is 10.1. The first-order chi connectivity index (χ1) is 12.2. The topological polar surface area (TPSA) is 79.9 Å². The third kappa shape index (κ3) is 3.73. The zero-order valence-corrected chi connectivity index (χ0v) is 15.3. The summed E-state index contributed by atoms with van der Waals surface area (Å²) in [5.41, 5.74) is 0.529. The van der Waals surface area contributed by atoms with Gasteiger partial charge in [0, 0.05) is 24.7 Å². The van der Waals surface area contributed by atoms with E-state index in [1.807, 2.05) is 0 Å². The molecule has 0 spiro atoms. The van der Waals surface area contributed by atoms with Crippen LogP contribution in [0.1, 0.15) is 36.0 Å².